The lowest BCUT2D eigenvalue weighted by molar-refractivity contribution is -0.138. The number of hydrogen-bond donors (Lipinski definition) is 1. The zero-order valence-corrected chi connectivity index (χ0v) is 24.5. The molecule has 1 saturated carbocycles. The Labute approximate surface area is 246 Å². The molecule has 2 aromatic carbocycles. The van der Waals surface area contributed by atoms with Crippen LogP contribution in [0, 0.1) is 11.3 Å². The third-order valence-corrected chi connectivity index (χ3v) is 10.2. The number of allylic oxidation sites excluding steroid dienone is 1. The number of halogens is 2. The molecule has 0 aromatic heterocycles. The molecule has 3 aliphatic carbocycles. The molecule has 14 heteroatoms. The molecule has 1 unspecified atom stereocenters. The molecule has 3 aliphatic rings. The van der Waals surface area contributed by atoms with Crippen molar-refractivity contribution in [1.82, 2.24) is 0 Å². The third kappa shape index (κ3) is 5.43. The monoisotopic (exact) mass is 636 g/mol. The lowest BCUT2D eigenvalue weighted by atomic mass is 9.63. The minimum absolute atomic E-state index is 0.0629. The first kappa shape index (κ1) is 30.7. The summed E-state index contributed by atoms with van der Waals surface area (Å²) in [5.41, 5.74) is -1.47. The van der Waals surface area contributed by atoms with Crippen LogP contribution in [0.4, 0.5) is 7.77 Å². The van der Waals surface area contributed by atoms with Crippen LogP contribution in [-0.2, 0) is 34.7 Å². The smallest absolute Gasteiger partial charge is 0.338 e. The molecule has 0 aliphatic heterocycles. The van der Waals surface area contributed by atoms with E-state index in [0.29, 0.717) is 24.0 Å². The van der Waals surface area contributed by atoms with Gasteiger partial charge in [0.2, 0.25) is 0 Å². The first-order valence-corrected chi connectivity index (χ1v) is 15.9. The van der Waals surface area contributed by atoms with E-state index >= 15 is 0 Å². The van der Waals surface area contributed by atoms with Crippen molar-refractivity contribution in [2.24, 2.45) is 11.3 Å². The van der Waals surface area contributed by atoms with Crippen LogP contribution in [0.25, 0.3) is 0 Å². The topological polar surface area (TPSA) is 158 Å². The Balaban J connectivity index is 1.45. The molecular formula is C29H26F2O10S2. The van der Waals surface area contributed by atoms with Crippen LogP contribution in [0.3, 0.4) is 0 Å². The van der Waals surface area contributed by atoms with E-state index in [1.54, 1.807) is 13.0 Å². The number of carbonyl (C=O) groups excluding carboxylic acids is 3. The summed E-state index contributed by atoms with van der Waals surface area (Å²) in [7, 11) is -9.97. The Morgan fingerprint density at radius 1 is 0.907 bits per heavy atom. The van der Waals surface area contributed by atoms with E-state index in [-0.39, 0.29) is 29.7 Å². The van der Waals surface area contributed by atoms with E-state index in [1.807, 2.05) is 0 Å². The van der Waals surface area contributed by atoms with Gasteiger partial charge in [0.1, 0.15) is 11.7 Å². The number of carbonyl (C=O) groups is 3. The fourth-order valence-corrected chi connectivity index (χ4v) is 6.80. The molecule has 0 saturated heterocycles. The number of rotatable bonds is 7. The molecule has 0 radical (unpaired) electrons. The summed E-state index contributed by atoms with van der Waals surface area (Å²) in [4.78, 5) is 38.1. The van der Waals surface area contributed by atoms with Crippen molar-refractivity contribution in [3.8, 4) is 0 Å². The van der Waals surface area contributed by atoms with Gasteiger partial charge in [-0.05, 0) is 81.6 Å². The van der Waals surface area contributed by atoms with Crippen molar-refractivity contribution >= 4 is 38.2 Å². The lowest BCUT2D eigenvalue weighted by Crippen LogP contribution is -2.52. The van der Waals surface area contributed by atoms with Gasteiger partial charge < -0.3 is 14.6 Å². The maximum Gasteiger partial charge on any atom is 0.338 e. The number of ether oxygens (including phenoxy) is 2. The molecule has 1 spiro atoms. The van der Waals surface area contributed by atoms with E-state index in [9.17, 15) is 44.1 Å². The number of ketones is 1. The predicted octanol–water partition coefficient (Wildman–Crippen LogP) is 3.76. The predicted molar refractivity (Wildman–Crippen MR) is 145 cm³/mol. The summed E-state index contributed by atoms with van der Waals surface area (Å²) < 4.78 is 82.4. The summed E-state index contributed by atoms with van der Waals surface area (Å²) in [5, 5.41) is 11.2. The van der Waals surface area contributed by atoms with Crippen molar-refractivity contribution in [3.63, 3.8) is 0 Å². The van der Waals surface area contributed by atoms with Crippen LogP contribution in [0.15, 0.2) is 81.1 Å². The number of esters is 2. The first-order valence-electron chi connectivity index (χ1n) is 13.1. The van der Waals surface area contributed by atoms with Gasteiger partial charge in [-0.15, -0.1) is 7.77 Å². The highest BCUT2D eigenvalue weighted by molar-refractivity contribution is 7.86. The largest absolute Gasteiger partial charge is 0.462 e. The van der Waals surface area contributed by atoms with E-state index in [4.69, 9.17) is 9.47 Å². The fraction of sp³-hybridized carbons (Fsp3) is 0.345. The van der Waals surface area contributed by atoms with Gasteiger partial charge in [0.05, 0.1) is 27.5 Å². The van der Waals surface area contributed by atoms with Gasteiger partial charge in [0, 0.05) is 22.5 Å². The average Bonchev–Trinajstić information content (AvgIpc) is 3.76. The highest BCUT2D eigenvalue weighted by atomic mass is 32.3. The molecule has 228 valence electrons. The molecule has 1 N–H and O–H groups in total. The molecular weight excluding hydrogens is 610 g/mol. The molecule has 0 amide bonds. The quantitative estimate of drug-likeness (QED) is 0.350. The summed E-state index contributed by atoms with van der Waals surface area (Å²) in [6, 6.07) is 7.94. The number of aliphatic hydroxyl groups is 1. The zero-order chi connectivity index (χ0) is 31.5. The van der Waals surface area contributed by atoms with Crippen molar-refractivity contribution in [2.75, 3.05) is 6.61 Å². The minimum Gasteiger partial charge on any atom is -0.462 e. The first-order chi connectivity index (χ1) is 20.0. The van der Waals surface area contributed by atoms with Crippen LogP contribution in [-0.4, -0.2) is 58.0 Å². The van der Waals surface area contributed by atoms with E-state index in [1.165, 1.54) is 6.92 Å². The zero-order valence-electron chi connectivity index (χ0n) is 22.9. The number of Topliss-reactive ketones (excluding diaryl/α,β-unsaturated/α-hetero) is 1. The Morgan fingerprint density at radius 3 is 1.86 bits per heavy atom. The summed E-state index contributed by atoms with van der Waals surface area (Å²) in [6.07, 6.45) is 1.62. The maximum absolute atomic E-state index is 13.4. The van der Waals surface area contributed by atoms with E-state index in [0.717, 1.165) is 48.5 Å². The van der Waals surface area contributed by atoms with Gasteiger partial charge in [0.15, 0.2) is 5.78 Å². The second-order valence-corrected chi connectivity index (χ2v) is 13.7. The molecule has 0 bridgehead atoms. The normalized spacial score (nSPS) is 24.7. The molecule has 43 heavy (non-hydrogen) atoms. The lowest BCUT2D eigenvalue weighted by Gasteiger charge is -2.44. The van der Waals surface area contributed by atoms with Gasteiger partial charge in [-0.2, -0.15) is 16.8 Å². The van der Waals surface area contributed by atoms with Crippen LogP contribution in [0.1, 0.15) is 53.8 Å². The second kappa shape index (κ2) is 10.5. The Hall–Kier alpha value is -3.75. The van der Waals surface area contributed by atoms with Crippen molar-refractivity contribution in [1.29, 1.82) is 0 Å². The number of benzene rings is 2. The molecule has 0 heterocycles. The maximum atomic E-state index is 13.4. The third-order valence-electron chi connectivity index (χ3n) is 8.52. The van der Waals surface area contributed by atoms with Gasteiger partial charge in [-0.1, -0.05) is 11.6 Å². The molecule has 1 fully saturated rings. The average molecular weight is 637 g/mol. The highest BCUT2D eigenvalue weighted by Crippen LogP contribution is 2.64. The molecule has 5 rings (SSSR count). The Bertz CT molecular complexity index is 1800. The summed E-state index contributed by atoms with van der Waals surface area (Å²) in [5.74, 6) is -3.01. The van der Waals surface area contributed by atoms with Crippen LogP contribution >= 0.6 is 0 Å². The second-order valence-electron chi connectivity index (χ2n) is 11.0. The van der Waals surface area contributed by atoms with Crippen molar-refractivity contribution in [3.05, 3.63) is 82.5 Å². The Kier molecular flexibility index (Phi) is 7.46. The Morgan fingerprint density at radius 2 is 1.40 bits per heavy atom. The van der Waals surface area contributed by atoms with E-state index < -0.39 is 71.0 Å². The van der Waals surface area contributed by atoms with Gasteiger partial charge in [-0.25, -0.2) is 9.59 Å². The minimum atomic E-state index is -5.00. The van der Waals surface area contributed by atoms with Crippen LogP contribution in [0.2, 0.25) is 0 Å². The van der Waals surface area contributed by atoms with Crippen molar-refractivity contribution < 1.29 is 53.6 Å². The van der Waals surface area contributed by atoms with Crippen LogP contribution < -0.4 is 0 Å². The van der Waals surface area contributed by atoms with Gasteiger partial charge >= 0.3 is 32.4 Å². The molecule has 10 nitrogen and oxygen atoms in total. The fourth-order valence-electron chi connectivity index (χ4n) is 5.88. The SMILES string of the molecule is CC1=C2C(=CCC(COC(=O)c3ccc(S(=O)(=O)F)cc3)[C@@H]2OC(=O)c2ccc(S(=O)(=O)F)cc2)C(=O)[C@](C)(O)C12CC2. The molecule has 2 aromatic rings. The summed E-state index contributed by atoms with van der Waals surface area (Å²) in [6.45, 7) is 2.89. The van der Waals surface area contributed by atoms with Crippen LogP contribution in [0.5, 0.6) is 0 Å². The summed E-state index contributed by atoms with van der Waals surface area (Å²) >= 11 is 0. The number of hydrogen-bond acceptors (Lipinski definition) is 10. The standard InChI is InChI=1S/C29H26F2O10S2/c1-16-23-22(25(32)28(2,35)29(16)13-14-29)12-7-19(15-40-26(33)17-3-8-20(9-4-17)42(30,36)37)24(23)41-27(34)18-5-10-21(11-6-18)43(31,38)39/h3-6,8-12,19,24,35H,7,13-15H2,1-2H3/t19?,24-,28-/m0/s1. The molecule has 3 atom stereocenters. The van der Waals surface area contributed by atoms with Crippen molar-refractivity contribution in [2.45, 2.75) is 54.6 Å². The highest BCUT2D eigenvalue weighted by Gasteiger charge is 2.65. The van der Waals surface area contributed by atoms with E-state index in [2.05, 4.69) is 0 Å². The number of fused-ring (bicyclic) bond motifs is 1. The van der Waals surface area contributed by atoms with Gasteiger partial charge in [-0.3, -0.25) is 4.79 Å². The van der Waals surface area contributed by atoms with Gasteiger partial charge in [0.25, 0.3) is 0 Å².